The zero-order valence-electron chi connectivity index (χ0n) is 17.9. The van der Waals surface area contributed by atoms with Gasteiger partial charge < -0.3 is 9.64 Å². The largest absolute Gasteiger partial charge is 0.454 e. The van der Waals surface area contributed by atoms with Gasteiger partial charge >= 0.3 is 0 Å². The van der Waals surface area contributed by atoms with Gasteiger partial charge in [-0.2, -0.15) is 5.10 Å². The van der Waals surface area contributed by atoms with Gasteiger partial charge in [0.25, 0.3) is 0 Å². The van der Waals surface area contributed by atoms with Crippen LogP contribution in [0.2, 0.25) is 0 Å². The van der Waals surface area contributed by atoms with Gasteiger partial charge in [0, 0.05) is 24.8 Å². The molecule has 1 unspecified atom stereocenters. The molecule has 4 aromatic rings. The molecule has 0 N–H and O–H groups in total. The Morgan fingerprint density at radius 1 is 1.21 bits per heavy atom. The predicted octanol–water partition coefficient (Wildman–Crippen LogP) is 4.77. The number of halogens is 1. The van der Waals surface area contributed by atoms with Gasteiger partial charge in [0.1, 0.15) is 17.8 Å². The Bertz CT molecular complexity index is 1320. The summed E-state index contributed by atoms with van der Waals surface area (Å²) >= 11 is 0. The number of amides is 1. The smallest absolute Gasteiger partial charge is 0.246 e. The van der Waals surface area contributed by atoms with Crippen molar-refractivity contribution < 1.29 is 13.9 Å². The van der Waals surface area contributed by atoms with Crippen LogP contribution in [0.15, 0.2) is 73.7 Å². The van der Waals surface area contributed by atoms with E-state index in [9.17, 15) is 9.18 Å². The number of rotatable bonds is 5. The molecule has 0 spiro atoms. The molecule has 1 aliphatic rings. The third kappa shape index (κ3) is 4.07. The van der Waals surface area contributed by atoms with Crippen molar-refractivity contribution in [2.45, 2.75) is 18.9 Å². The molecule has 1 saturated heterocycles. The number of likely N-dealkylation sites (tertiary alicyclic amines) is 1. The second-order valence-corrected chi connectivity index (χ2v) is 7.90. The standard InChI is InChI=1S/C25H22FN5O2/c1-2-23(32)30-12-6-7-18(15-30)31-25-20(14-27-16-28-25)24(29-31)17-10-11-22(21(26)13-17)33-19-8-4-3-5-9-19/h2-5,8-11,13-14,16,18H,1,6-7,12,15H2. The number of fused-ring (bicyclic) bond motifs is 1. The summed E-state index contributed by atoms with van der Waals surface area (Å²) in [6.45, 7) is 4.80. The highest BCUT2D eigenvalue weighted by Gasteiger charge is 2.27. The first-order chi connectivity index (χ1) is 16.1. The number of carbonyl (C=O) groups is 1. The molecular formula is C25H22FN5O2. The Hall–Kier alpha value is -4.07. The molecule has 1 fully saturated rings. The van der Waals surface area contributed by atoms with Crippen LogP contribution in [-0.4, -0.2) is 43.6 Å². The quantitative estimate of drug-likeness (QED) is 0.415. The van der Waals surface area contributed by atoms with Crippen molar-refractivity contribution in [3.8, 4) is 22.8 Å². The van der Waals surface area contributed by atoms with Crippen molar-refractivity contribution in [3.63, 3.8) is 0 Å². The van der Waals surface area contributed by atoms with Gasteiger partial charge in [0.2, 0.25) is 5.91 Å². The van der Waals surface area contributed by atoms with E-state index in [0.717, 1.165) is 18.2 Å². The van der Waals surface area contributed by atoms with Crippen LogP contribution in [0.3, 0.4) is 0 Å². The first-order valence-electron chi connectivity index (χ1n) is 10.8. The third-order valence-corrected chi connectivity index (χ3v) is 5.78. The fourth-order valence-corrected chi connectivity index (χ4v) is 4.18. The highest BCUT2D eigenvalue weighted by atomic mass is 19.1. The molecule has 2 aromatic carbocycles. The average Bonchev–Trinajstić information content (AvgIpc) is 3.25. The number of hydrogen-bond donors (Lipinski definition) is 0. The fraction of sp³-hybridized carbons (Fsp3) is 0.200. The maximum atomic E-state index is 14.9. The van der Waals surface area contributed by atoms with E-state index in [2.05, 4.69) is 16.5 Å². The van der Waals surface area contributed by atoms with Crippen molar-refractivity contribution in [1.82, 2.24) is 24.6 Å². The lowest BCUT2D eigenvalue weighted by Gasteiger charge is -2.32. The van der Waals surface area contributed by atoms with Crippen molar-refractivity contribution in [1.29, 1.82) is 0 Å². The molecule has 8 heteroatoms. The summed E-state index contributed by atoms with van der Waals surface area (Å²) in [7, 11) is 0. The van der Waals surface area contributed by atoms with Gasteiger partial charge in [-0.1, -0.05) is 24.8 Å². The molecule has 5 rings (SSSR count). The lowest BCUT2D eigenvalue weighted by molar-refractivity contribution is -0.127. The van der Waals surface area contributed by atoms with Crippen LogP contribution in [-0.2, 0) is 4.79 Å². The van der Waals surface area contributed by atoms with E-state index < -0.39 is 5.82 Å². The highest BCUT2D eigenvalue weighted by molar-refractivity contribution is 5.91. The minimum Gasteiger partial charge on any atom is -0.454 e. The summed E-state index contributed by atoms with van der Waals surface area (Å²) in [4.78, 5) is 22.5. The lowest BCUT2D eigenvalue weighted by atomic mass is 10.1. The maximum absolute atomic E-state index is 14.9. The molecular weight excluding hydrogens is 421 g/mol. The van der Waals surface area contributed by atoms with Crippen molar-refractivity contribution >= 4 is 16.9 Å². The summed E-state index contributed by atoms with van der Waals surface area (Å²) in [6.07, 6.45) is 6.20. The van der Waals surface area contributed by atoms with Crippen LogP contribution in [0.25, 0.3) is 22.3 Å². The Morgan fingerprint density at radius 2 is 2.06 bits per heavy atom. The number of ether oxygens (including phenoxy) is 1. The Kier molecular flexibility index (Phi) is 5.56. The van der Waals surface area contributed by atoms with E-state index in [1.807, 2.05) is 22.9 Å². The van der Waals surface area contributed by atoms with Crippen molar-refractivity contribution in [3.05, 3.63) is 79.5 Å². The molecule has 166 valence electrons. The predicted molar refractivity (Wildman–Crippen MR) is 122 cm³/mol. The Morgan fingerprint density at radius 3 is 2.85 bits per heavy atom. The molecule has 0 radical (unpaired) electrons. The van der Waals surface area contributed by atoms with Gasteiger partial charge in [0.15, 0.2) is 17.2 Å². The first kappa shape index (κ1) is 20.8. The third-order valence-electron chi connectivity index (χ3n) is 5.78. The van der Waals surface area contributed by atoms with Crippen molar-refractivity contribution in [2.24, 2.45) is 0 Å². The number of aromatic nitrogens is 4. The summed E-state index contributed by atoms with van der Waals surface area (Å²) in [5, 5.41) is 5.52. The zero-order chi connectivity index (χ0) is 22.8. The van der Waals surface area contributed by atoms with E-state index in [0.29, 0.717) is 35.7 Å². The monoisotopic (exact) mass is 443 g/mol. The number of para-hydroxylation sites is 1. The lowest BCUT2D eigenvalue weighted by Crippen LogP contribution is -2.40. The molecule has 1 atom stereocenters. The molecule has 0 aliphatic carbocycles. The highest BCUT2D eigenvalue weighted by Crippen LogP contribution is 2.34. The Labute approximate surface area is 190 Å². The van der Waals surface area contributed by atoms with Crippen LogP contribution in [0.4, 0.5) is 4.39 Å². The van der Waals surface area contributed by atoms with E-state index >= 15 is 0 Å². The van der Waals surface area contributed by atoms with Crippen LogP contribution in [0.5, 0.6) is 11.5 Å². The normalized spacial score (nSPS) is 16.0. The molecule has 0 saturated carbocycles. The van der Waals surface area contributed by atoms with Gasteiger partial charge in [0.05, 0.1) is 11.4 Å². The maximum Gasteiger partial charge on any atom is 0.246 e. The minimum atomic E-state index is -0.490. The van der Waals surface area contributed by atoms with Crippen molar-refractivity contribution in [2.75, 3.05) is 13.1 Å². The SMILES string of the molecule is C=CC(=O)N1CCCC(n2nc(-c3ccc(Oc4ccccc4)c(F)c3)c3cncnc32)C1. The topological polar surface area (TPSA) is 73.1 Å². The second-order valence-electron chi connectivity index (χ2n) is 7.90. The van der Waals surface area contributed by atoms with E-state index in [1.165, 1.54) is 18.5 Å². The van der Waals surface area contributed by atoms with Gasteiger partial charge in [-0.25, -0.2) is 19.0 Å². The summed E-state index contributed by atoms with van der Waals surface area (Å²) in [5.41, 5.74) is 1.84. The van der Waals surface area contributed by atoms with Crippen LogP contribution >= 0.6 is 0 Å². The fourth-order valence-electron chi connectivity index (χ4n) is 4.18. The number of carbonyl (C=O) groups excluding carboxylic acids is 1. The zero-order valence-corrected chi connectivity index (χ0v) is 17.9. The molecule has 0 bridgehead atoms. The summed E-state index contributed by atoms with van der Waals surface area (Å²) in [5.74, 6) is 0.109. The molecule has 7 nitrogen and oxygen atoms in total. The second kappa shape index (κ2) is 8.82. The first-order valence-corrected chi connectivity index (χ1v) is 10.8. The number of nitrogens with zero attached hydrogens (tertiary/aromatic N) is 5. The Balaban J connectivity index is 1.50. The minimum absolute atomic E-state index is 0.0423. The molecule has 2 aromatic heterocycles. The van der Waals surface area contributed by atoms with Gasteiger partial charge in [-0.05, 0) is 49.2 Å². The number of piperidine rings is 1. The van der Waals surface area contributed by atoms with Crippen LogP contribution in [0.1, 0.15) is 18.9 Å². The molecule has 33 heavy (non-hydrogen) atoms. The number of hydrogen-bond acceptors (Lipinski definition) is 5. The van der Waals surface area contributed by atoms with E-state index in [-0.39, 0.29) is 17.7 Å². The van der Waals surface area contributed by atoms with E-state index in [1.54, 1.807) is 35.4 Å². The van der Waals surface area contributed by atoms with Gasteiger partial charge in [-0.15, -0.1) is 0 Å². The summed E-state index contributed by atoms with van der Waals surface area (Å²) < 4.78 is 22.4. The van der Waals surface area contributed by atoms with Crippen LogP contribution in [0, 0.1) is 5.82 Å². The molecule has 1 aliphatic heterocycles. The molecule has 3 heterocycles. The summed E-state index contributed by atoms with van der Waals surface area (Å²) in [6, 6.07) is 13.8. The number of benzene rings is 2. The van der Waals surface area contributed by atoms with E-state index in [4.69, 9.17) is 9.84 Å². The van der Waals surface area contributed by atoms with Crippen LogP contribution < -0.4 is 4.74 Å². The average molecular weight is 443 g/mol. The molecule has 1 amide bonds. The van der Waals surface area contributed by atoms with Gasteiger partial charge in [-0.3, -0.25) is 4.79 Å².